The fraction of sp³-hybridized carbons (Fsp3) is 0.500. The predicted molar refractivity (Wildman–Crippen MR) is 79.2 cm³/mol. The lowest BCUT2D eigenvalue weighted by Gasteiger charge is -2.18. The molecule has 1 heterocycles. The van der Waals surface area contributed by atoms with Crippen LogP contribution < -0.4 is 10.6 Å². The molecule has 20 heavy (non-hydrogen) atoms. The molecule has 2 atom stereocenters. The molecule has 0 radical (unpaired) electrons. The molecule has 2 N–H and O–H groups in total. The van der Waals surface area contributed by atoms with Gasteiger partial charge >= 0.3 is 0 Å². The summed E-state index contributed by atoms with van der Waals surface area (Å²) in [6.07, 6.45) is 0. The molecule has 110 valence electrons. The van der Waals surface area contributed by atoms with Crippen molar-refractivity contribution in [3.05, 3.63) is 28.0 Å². The number of ether oxygens (including phenoxy) is 1. The van der Waals surface area contributed by atoms with Gasteiger partial charge in [-0.3, -0.25) is 4.79 Å². The molecule has 0 bridgehead atoms. The van der Waals surface area contributed by atoms with E-state index in [1.54, 1.807) is 13.0 Å². The molecule has 1 aliphatic heterocycles. The van der Waals surface area contributed by atoms with Crippen molar-refractivity contribution in [3.63, 3.8) is 0 Å². The Hall–Kier alpha value is -0.980. The topological polar surface area (TPSA) is 50.4 Å². The van der Waals surface area contributed by atoms with Gasteiger partial charge in [0, 0.05) is 11.7 Å². The Morgan fingerprint density at radius 3 is 2.95 bits per heavy atom. The van der Waals surface area contributed by atoms with Crippen molar-refractivity contribution < 1.29 is 13.9 Å². The van der Waals surface area contributed by atoms with Crippen LogP contribution in [-0.4, -0.2) is 31.7 Å². The zero-order valence-corrected chi connectivity index (χ0v) is 13.1. The normalized spacial score (nSPS) is 22.0. The van der Waals surface area contributed by atoms with Crippen molar-refractivity contribution >= 4 is 27.5 Å². The SMILES string of the molecule is CCNC1COCC1C(=O)Nc1cc(Br)c(F)cc1C. The number of carbonyl (C=O) groups excluding carboxylic acids is 1. The third-order valence-electron chi connectivity index (χ3n) is 3.41. The molecule has 1 aromatic carbocycles. The summed E-state index contributed by atoms with van der Waals surface area (Å²) in [5, 5.41) is 6.09. The number of carbonyl (C=O) groups is 1. The first-order valence-electron chi connectivity index (χ1n) is 6.60. The highest BCUT2D eigenvalue weighted by Crippen LogP contribution is 2.25. The first kappa shape index (κ1) is 15.4. The molecule has 0 saturated carbocycles. The number of benzene rings is 1. The number of likely N-dealkylation sites (N-methyl/N-ethyl adjacent to an activating group) is 1. The molecule has 6 heteroatoms. The third kappa shape index (κ3) is 3.37. The molecule has 0 spiro atoms. The van der Waals surface area contributed by atoms with Crippen LogP contribution in [0.15, 0.2) is 16.6 Å². The van der Waals surface area contributed by atoms with Crippen LogP contribution in [0.25, 0.3) is 0 Å². The van der Waals surface area contributed by atoms with Gasteiger partial charge in [-0.05, 0) is 47.1 Å². The predicted octanol–water partition coefficient (Wildman–Crippen LogP) is 2.46. The van der Waals surface area contributed by atoms with Gasteiger partial charge in [-0.2, -0.15) is 0 Å². The van der Waals surface area contributed by atoms with E-state index in [1.165, 1.54) is 6.07 Å². The second-order valence-corrected chi connectivity index (χ2v) is 5.73. The van der Waals surface area contributed by atoms with Crippen molar-refractivity contribution in [2.75, 3.05) is 25.1 Å². The Kier molecular flexibility index (Phi) is 5.12. The molecule has 2 rings (SSSR count). The summed E-state index contributed by atoms with van der Waals surface area (Å²) >= 11 is 3.13. The Bertz CT molecular complexity index is 510. The lowest BCUT2D eigenvalue weighted by molar-refractivity contribution is -0.120. The van der Waals surface area contributed by atoms with Crippen molar-refractivity contribution in [1.82, 2.24) is 5.32 Å². The van der Waals surface area contributed by atoms with E-state index in [2.05, 4.69) is 26.6 Å². The lowest BCUT2D eigenvalue weighted by Crippen LogP contribution is -2.41. The fourth-order valence-electron chi connectivity index (χ4n) is 2.28. The average molecular weight is 345 g/mol. The van der Waals surface area contributed by atoms with Crippen molar-refractivity contribution in [2.45, 2.75) is 19.9 Å². The van der Waals surface area contributed by atoms with Crippen LogP contribution in [-0.2, 0) is 9.53 Å². The molecule has 1 fully saturated rings. The number of amides is 1. The van der Waals surface area contributed by atoms with Gasteiger partial charge < -0.3 is 15.4 Å². The molecule has 0 aliphatic carbocycles. The maximum absolute atomic E-state index is 13.4. The van der Waals surface area contributed by atoms with E-state index in [4.69, 9.17) is 4.74 Å². The summed E-state index contributed by atoms with van der Waals surface area (Å²) < 4.78 is 19.1. The van der Waals surface area contributed by atoms with Gasteiger partial charge in [0.05, 0.1) is 23.6 Å². The van der Waals surface area contributed by atoms with E-state index in [0.29, 0.717) is 28.9 Å². The Morgan fingerprint density at radius 1 is 1.50 bits per heavy atom. The van der Waals surface area contributed by atoms with Crippen LogP contribution in [0.2, 0.25) is 0 Å². The fourth-order valence-corrected chi connectivity index (χ4v) is 2.63. The number of nitrogens with one attached hydrogen (secondary N) is 2. The van der Waals surface area contributed by atoms with Gasteiger partial charge in [-0.25, -0.2) is 4.39 Å². The zero-order valence-electron chi connectivity index (χ0n) is 11.5. The largest absolute Gasteiger partial charge is 0.379 e. The van der Waals surface area contributed by atoms with Crippen molar-refractivity contribution in [3.8, 4) is 0 Å². The Morgan fingerprint density at radius 2 is 2.25 bits per heavy atom. The monoisotopic (exact) mass is 344 g/mol. The minimum atomic E-state index is -0.338. The number of anilines is 1. The highest BCUT2D eigenvalue weighted by molar-refractivity contribution is 9.10. The maximum Gasteiger partial charge on any atom is 0.231 e. The summed E-state index contributed by atoms with van der Waals surface area (Å²) in [5.41, 5.74) is 1.31. The smallest absolute Gasteiger partial charge is 0.231 e. The van der Waals surface area contributed by atoms with Crippen molar-refractivity contribution in [2.24, 2.45) is 5.92 Å². The summed E-state index contributed by atoms with van der Waals surface area (Å²) in [6.45, 7) is 5.49. The molecule has 1 aliphatic rings. The number of halogens is 2. The zero-order chi connectivity index (χ0) is 14.7. The van der Waals surface area contributed by atoms with Crippen LogP contribution in [0.3, 0.4) is 0 Å². The van der Waals surface area contributed by atoms with E-state index in [1.807, 2.05) is 6.92 Å². The Balaban J connectivity index is 2.09. The first-order valence-corrected chi connectivity index (χ1v) is 7.39. The average Bonchev–Trinajstić information content (AvgIpc) is 2.84. The second-order valence-electron chi connectivity index (χ2n) is 4.88. The van der Waals surface area contributed by atoms with Gasteiger partial charge in [-0.1, -0.05) is 6.92 Å². The quantitative estimate of drug-likeness (QED) is 0.882. The van der Waals surface area contributed by atoms with E-state index in [0.717, 1.165) is 6.54 Å². The summed E-state index contributed by atoms with van der Waals surface area (Å²) in [6, 6.07) is 3.01. The van der Waals surface area contributed by atoms with Gasteiger partial charge in [0.15, 0.2) is 0 Å². The van der Waals surface area contributed by atoms with Crippen LogP contribution in [0.4, 0.5) is 10.1 Å². The van der Waals surface area contributed by atoms with Crippen LogP contribution >= 0.6 is 15.9 Å². The molecule has 1 amide bonds. The van der Waals surface area contributed by atoms with Gasteiger partial charge in [0.2, 0.25) is 5.91 Å². The van der Waals surface area contributed by atoms with Crippen LogP contribution in [0.5, 0.6) is 0 Å². The van der Waals surface area contributed by atoms with Gasteiger partial charge in [0.25, 0.3) is 0 Å². The molecular formula is C14H18BrFN2O2. The highest BCUT2D eigenvalue weighted by atomic mass is 79.9. The highest BCUT2D eigenvalue weighted by Gasteiger charge is 2.33. The second kappa shape index (κ2) is 6.65. The molecule has 0 aromatic heterocycles. The number of rotatable bonds is 4. The van der Waals surface area contributed by atoms with E-state index < -0.39 is 0 Å². The maximum atomic E-state index is 13.4. The first-order chi connectivity index (χ1) is 9.52. The minimum absolute atomic E-state index is 0.0317. The van der Waals surface area contributed by atoms with Crippen molar-refractivity contribution in [1.29, 1.82) is 0 Å². The van der Waals surface area contributed by atoms with Crippen LogP contribution in [0.1, 0.15) is 12.5 Å². The third-order valence-corrected chi connectivity index (χ3v) is 4.02. The van der Waals surface area contributed by atoms with E-state index in [9.17, 15) is 9.18 Å². The lowest BCUT2D eigenvalue weighted by atomic mass is 10.0. The van der Waals surface area contributed by atoms with Crippen LogP contribution in [0, 0.1) is 18.7 Å². The standard InChI is InChI=1S/C14H18BrFN2O2/c1-3-17-13-7-20-6-9(13)14(19)18-12-5-10(15)11(16)4-8(12)2/h4-5,9,13,17H,3,6-7H2,1-2H3,(H,18,19). The number of aryl methyl sites for hydroxylation is 1. The molecule has 1 saturated heterocycles. The molecule has 2 unspecified atom stereocenters. The summed E-state index contributed by atoms with van der Waals surface area (Å²) in [4.78, 5) is 12.3. The molecule has 4 nitrogen and oxygen atoms in total. The van der Waals surface area contributed by atoms with E-state index >= 15 is 0 Å². The molecule has 1 aromatic rings. The van der Waals surface area contributed by atoms with Gasteiger partial charge in [0.1, 0.15) is 5.82 Å². The number of hydrogen-bond acceptors (Lipinski definition) is 3. The van der Waals surface area contributed by atoms with E-state index in [-0.39, 0.29) is 23.7 Å². The van der Waals surface area contributed by atoms with Gasteiger partial charge in [-0.15, -0.1) is 0 Å². The molecular weight excluding hydrogens is 327 g/mol. The minimum Gasteiger partial charge on any atom is -0.379 e. The number of hydrogen-bond donors (Lipinski definition) is 2. The summed E-state index contributed by atoms with van der Waals surface area (Å²) in [5.74, 6) is -0.663. The summed E-state index contributed by atoms with van der Waals surface area (Å²) in [7, 11) is 0. The Labute approximate surface area is 126 Å².